The van der Waals surface area contributed by atoms with E-state index in [4.69, 9.17) is 14.6 Å². The summed E-state index contributed by atoms with van der Waals surface area (Å²) in [5.41, 5.74) is 1.02. The van der Waals surface area contributed by atoms with Crippen LogP contribution < -0.4 is 10.1 Å². The molecule has 0 spiro atoms. The molecule has 148 valence electrons. The van der Waals surface area contributed by atoms with Crippen molar-refractivity contribution in [3.8, 4) is 5.75 Å². The van der Waals surface area contributed by atoms with E-state index in [-0.39, 0.29) is 22.6 Å². The smallest absolute Gasteiger partial charge is 0.354 e. The van der Waals surface area contributed by atoms with Crippen LogP contribution in [0.15, 0.2) is 42.6 Å². The zero-order valence-corrected chi connectivity index (χ0v) is 15.8. The molecule has 28 heavy (non-hydrogen) atoms. The van der Waals surface area contributed by atoms with Crippen molar-refractivity contribution < 1.29 is 24.2 Å². The highest BCUT2D eigenvalue weighted by atomic mass is 16.5. The van der Waals surface area contributed by atoms with Gasteiger partial charge in [-0.3, -0.25) is 4.79 Å². The maximum Gasteiger partial charge on any atom is 0.354 e. The number of rotatable bonds is 7. The minimum atomic E-state index is -1.16. The number of nitrogens with zero attached hydrogens (tertiary/aromatic N) is 1. The van der Waals surface area contributed by atoms with Gasteiger partial charge in [-0.2, -0.15) is 0 Å². The lowest BCUT2D eigenvalue weighted by Crippen LogP contribution is -2.44. The summed E-state index contributed by atoms with van der Waals surface area (Å²) < 4.78 is 11.1. The van der Waals surface area contributed by atoms with Gasteiger partial charge in [-0.05, 0) is 49.6 Å². The number of carboxylic acid groups (broad SMARTS) is 1. The molecule has 1 aliphatic rings. The molecular weight excluding hydrogens is 360 g/mol. The van der Waals surface area contributed by atoms with Gasteiger partial charge in [-0.25, -0.2) is 9.78 Å². The predicted octanol–water partition coefficient (Wildman–Crippen LogP) is 2.66. The van der Waals surface area contributed by atoms with E-state index in [0.29, 0.717) is 26.4 Å². The summed E-state index contributed by atoms with van der Waals surface area (Å²) in [7, 11) is 0. The number of carboxylic acids is 1. The van der Waals surface area contributed by atoms with Crippen LogP contribution in [0.3, 0.4) is 0 Å². The molecule has 1 saturated heterocycles. The first-order chi connectivity index (χ1) is 13.5. The molecule has 2 N–H and O–H groups in total. The van der Waals surface area contributed by atoms with E-state index < -0.39 is 5.97 Å². The van der Waals surface area contributed by atoms with Crippen molar-refractivity contribution in [2.75, 3.05) is 26.4 Å². The Balaban J connectivity index is 1.76. The second-order valence-electron chi connectivity index (χ2n) is 6.77. The number of carbonyl (C=O) groups excluding carboxylic acids is 1. The molecule has 1 aromatic carbocycles. The number of hydrogen-bond donors (Lipinski definition) is 2. The summed E-state index contributed by atoms with van der Waals surface area (Å²) >= 11 is 0. The van der Waals surface area contributed by atoms with Crippen molar-refractivity contribution in [2.45, 2.75) is 25.2 Å². The fourth-order valence-corrected chi connectivity index (χ4v) is 3.44. The van der Waals surface area contributed by atoms with Crippen LogP contribution in [0.25, 0.3) is 0 Å². The summed E-state index contributed by atoms with van der Waals surface area (Å²) in [4.78, 5) is 27.4. The number of ether oxygens (including phenoxy) is 2. The molecule has 7 nitrogen and oxygen atoms in total. The monoisotopic (exact) mass is 384 g/mol. The van der Waals surface area contributed by atoms with Gasteiger partial charge in [0, 0.05) is 36.9 Å². The minimum absolute atomic E-state index is 0.153. The number of nitrogens with one attached hydrogen (secondary N) is 1. The van der Waals surface area contributed by atoms with Gasteiger partial charge < -0.3 is 19.9 Å². The number of pyridine rings is 1. The van der Waals surface area contributed by atoms with E-state index >= 15 is 0 Å². The Kier molecular flexibility index (Phi) is 6.26. The summed E-state index contributed by atoms with van der Waals surface area (Å²) in [6, 6.07) is 10.8. The van der Waals surface area contributed by atoms with Gasteiger partial charge in [0.1, 0.15) is 11.4 Å². The molecule has 0 aliphatic carbocycles. The average molecular weight is 384 g/mol. The van der Waals surface area contributed by atoms with E-state index in [1.165, 1.54) is 18.3 Å². The summed E-state index contributed by atoms with van der Waals surface area (Å²) in [6.07, 6.45) is 2.91. The van der Waals surface area contributed by atoms with Gasteiger partial charge in [-0.1, -0.05) is 12.1 Å². The number of benzene rings is 1. The Labute approximate surface area is 163 Å². The number of aromatic carboxylic acids is 1. The molecule has 1 aliphatic heterocycles. The fraction of sp³-hybridized carbons (Fsp3) is 0.381. The van der Waals surface area contributed by atoms with E-state index in [1.807, 2.05) is 31.2 Å². The second kappa shape index (κ2) is 8.84. The van der Waals surface area contributed by atoms with Crippen LogP contribution in [0.2, 0.25) is 0 Å². The lowest BCUT2D eigenvalue weighted by molar-refractivity contribution is 0.0487. The van der Waals surface area contributed by atoms with Crippen LogP contribution >= 0.6 is 0 Å². The quantitative estimate of drug-likeness (QED) is 0.762. The van der Waals surface area contributed by atoms with Crippen molar-refractivity contribution >= 4 is 11.9 Å². The van der Waals surface area contributed by atoms with Crippen molar-refractivity contribution in [3.63, 3.8) is 0 Å². The molecule has 1 aromatic heterocycles. The number of hydrogen-bond acceptors (Lipinski definition) is 5. The molecule has 1 amide bonds. The van der Waals surface area contributed by atoms with E-state index in [2.05, 4.69) is 10.3 Å². The Morgan fingerprint density at radius 2 is 1.93 bits per heavy atom. The van der Waals surface area contributed by atoms with Crippen LogP contribution in [0.1, 0.15) is 46.2 Å². The normalized spacial score (nSPS) is 15.6. The second-order valence-corrected chi connectivity index (χ2v) is 6.77. The molecule has 0 bridgehead atoms. The molecular formula is C21H24N2O5. The fourth-order valence-electron chi connectivity index (χ4n) is 3.44. The standard InChI is InChI=1S/C21H24N2O5/c1-2-28-17-5-3-16(4-6-17)21(8-11-27-12-9-21)14-23-19(24)15-7-10-22-18(13-15)20(25)26/h3-7,10,13H,2,8-9,11-12,14H2,1H3,(H,23,24)(H,25,26). The van der Waals surface area contributed by atoms with Crippen molar-refractivity contribution in [2.24, 2.45) is 0 Å². The summed E-state index contributed by atoms with van der Waals surface area (Å²) in [5, 5.41) is 12.0. The van der Waals surface area contributed by atoms with E-state index in [1.54, 1.807) is 0 Å². The Morgan fingerprint density at radius 3 is 2.57 bits per heavy atom. The van der Waals surface area contributed by atoms with E-state index in [0.717, 1.165) is 24.2 Å². The number of amides is 1. The zero-order valence-electron chi connectivity index (χ0n) is 15.8. The first kappa shape index (κ1) is 19.8. The van der Waals surface area contributed by atoms with Gasteiger partial charge in [-0.15, -0.1) is 0 Å². The Morgan fingerprint density at radius 1 is 1.21 bits per heavy atom. The lowest BCUT2D eigenvalue weighted by atomic mass is 9.74. The maximum atomic E-state index is 12.6. The minimum Gasteiger partial charge on any atom is -0.494 e. The van der Waals surface area contributed by atoms with Crippen LogP contribution in [0, 0.1) is 0 Å². The molecule has 0 saturated carbocycles. The first-order valence-corrected chi connectivity index (χ1v) is 9.33. The molecule has 7 heteroatoms. The van der Waals surface area contributed by atoms with Crippen molar-refractivity contribution in [1.82, 2.24) is 10.3 Å². The molecule has 0 atom stereocenters. The number of aromatic nitrogens is 1. The Bertz CT molecular complexity index is 829. The molecule has 1 fully saturated rings. The lowest BCUT2D eigenvalue weighted by Gasteiger charge is -2.38. The van der Waals surface area contributed by atoms with Crippen molar-refractivity contribution in [3.05, 3.63) is 59.4 Å². The third-order valence-corrected chi connectivity index (χ3v) is 5.06. The van der Waals surface area contributed by atoms with Gasteiger partial charge in [0.15, 0.2) is 0 Å². The van der Waals surface area contributed by atoms with Crippen LogP contribution in [-0.4, -0.2) is 48.3 Å². The highest BCUT2D eigenvalue weighted by Crippen LogP contribution is 2.35. The molecule has 2 heterocycles. The highest BCUT2D eigenvalue weighted by molar-refractivity contribution is 5.96. The van der Waals surface area contributed by atoms with Gasteiger partial charge >= 0.3 is 5.97 Å². The summed E-state index contributed by atoms with van der Waals surface area (Å²) in [6.45, 7) is 4.24. The van der Waals surface area contributed by atoms with Crippen LogP contribution in [-0.2, 0) is 10.2 Å². The highest BCUT2D eigenvalue weighted by Gasteiger charge is 2.35. The predicted molar refractivity (Wildman–Crippen MR) is 103 cm³/mol. The maximum absolute atomic E-state index is 12.6. The van der Waals surface area contributed by atoms with Crippen molar-refractivity contribution in [1.29, 1.82) is 0 Å². The third kappa shape index (κ3) is 4.48. The first-order valence-electron chi connectivity index (χ1n) is 9.33. The topological polar surface area (TPSA) is 97.8 Å². The van der Waals surface area contributed by atoms with Crippen LogP contribution in [0.5, 0.6) is 5.75 Å². The van der Waals surface area contributed by atoms with E-state index in [9.17, 15) is 9.59 Å². The van der Waals surface area contributed by atoms with Gasteiger partial charge in [0.2, 0.25) is 0 Å². The van der Waals surface area contributed by atoms with Gasteiger partial charge in [0.25, 0.3) is 5.91 Å². The molecule has 2 aromatic rings. The average Bonchev–Trinajstić information content (AvgIpc) is 2.73. The SMILES string of the molecule is CCOc1ccc(C2(CNC(=O)c3ccnc(C(=O)O)c3)CCOCC2)cc1. The Hall–Kier alpha value is -2.93. The largest absolute Gasteiger partial charge is 0.494 e. The van der Waals surface area contributed by atoms with Crippen LogP contribution in [0.4, 0.5) is 0 Å². The zero-order chi connectivity index (χ0) is 20.0. The number of carbonyl (C=O) groups is 2. The van der Waals surface area contributed by atoms with Gasteiger partial charge in [0.05, 0.1) is 6.61 Å². The molecule has 0 radical (unpaired) electrons. The molecule has 0 unspecified atom stereocenters. The third-order valence-electron chi connectivity index (χ3n) is 5.06. The summed E-state index contributed by atoms with van der Waals surface area (Å²) in [5.74, 6) is -0.665. The molecule has 3 rings (SSSR count).